The summed E-state index contributed by atoms with van der Waals surface area (Å²) in [7, 11) is 0. The molecule has 192 valence electrons. The van der Waals surface area contributed by atoms with Crippen molar-refractivity contribution in [3.63, 3.8) is 0 Å². The number of carbonyl (C=O) groups excluding carboxylic acids is 1. The highest BCUT2D eigenvalue weighted by Gasteiger charge is 2.23. The lowest BCUT2D eigenvalue weighted by Gasteiger charge is -2.24. The normalized spacial score (nSPS) is 13.1. The molecule has 0 aliphatic rings. The Morgan fingerprint density at radius 2 is 1.67 bits per heavy atom. The Hall–Kier alpha value is -1.37. The number of nitrogens with one attached hydrogen (secondary N) is 2. The molecule has 0 bridgehead atoms. The van der Waals surface area contributed by atoms with Gasteiger partial charge in [0.1, 0.15) is 5.72 Å². The molecule has 1 amide bonds. The van der Waals surface area contributed by atoms with Gasteiger partial charge in [0.25, 0.3) is 0 Å². The maximum Gasteiger partial charge on any atom is 0.222 e. The molecule has 2 N–H and O–H groups in total. The number of thioether (sulfide) groups is 1. The SMILES string of the molecule is C/C=C/CNC(=O)CCOCCOCCOC(C)(CCOCCOCCNCSC)N=[N+]=[N-]. The van der Waals surface area contributed by atoms with Gasteiger partial charge in [0.2, 0.25) is 5.91 Å². The Balaban J connectivity index is 3.69. The second kappa shape index (κ2) is 23.8. The number of carbonyl (C=O) groups is 1. The molecule has 0 aromatic rings. The zero-order valence-corrected chi connectivity index (χ0v) is 21.1. The van der Waals surface area contributed by atoms with Crippen LogP contribution in [0.3, 0.4) is 0 Å². The average molecular weight is 492 g/mol. The van der Waals surface area contributed by atoms with Crippen LogP contribution in [0.15, 0.2) is 17.3 Å². The van der Waals surface area contributed by atoms with E-state index in [4.69, 9.17) is 29.2 Å². The van der Waals surface area contributed by atoms with Crippen molar-refractivity contribution >= 4 is 17.7 Å². The van der Waals surface area contributed by atoms with Crippen molar-refractivity contribution < 1.29 is 28.5 Å². The monoisotopic (exact) mass is 491 g/mol. The van der Waals surface area contributed by atoms with Crippen LogP contribution in [0, 0.1) is 0 Å². The van der Waals surface area contributed by atoms with Gasteiger partial charge in [-0.3, -0.25) is 4.79 Å². The van der Waals surface area contributed by atoms with Gasteiger partial charge in [0.05, 0.1) is 52.9 Å². The molecule has 0 aromatic carbocycles. The zero-order valence-electron chi connectivity index (χ0n) is 20.3. The predicted octanol–water partition coefficient (Wildman–Crippen LogP) is 2.48. The van der Waals surface area contributed by atoms with Gasteiger partial charge in [-0.05, 0) is 25.6 Å². The van der Waals surface area contributed by atoms with Crippen molar-refractivity contribution in [1.29, 1.82) is 0 Å². The summed E-state index contributed by atoms with van der Waals surface area (Å²) in [5.74, 6) is 0.865. The quantitative estimate of drug-likeness (QED) is 0.0525. The number of amides is 1. The van der Waals surface area contributed by atoms with Crippen LogP contribution in [-0.2, 0) is 28.5 Å². The molecule has 0 aromatic heterocycles. The van der Waals surface area contributed by atoms with Gasteiger partial charge in [0.15, 0.2) is 0 Å². The summed E-state index contributed by atoms with van der Waals surface area (Å²) in [6.45, 7) is 8.70. The summed E-state index contributed by atoms with van der Waals surface area (Å²) < 4.78 is 27.5. The minimum absolute atomic E-state index is 0.0461. The summed E-state index contributed by atoms with van der Waals surface area (Å²) in [4.78, 5) is 14.4. The molecule has 0 saturated carbocycles. The lowest BCUT2D eigenvalue weighted by molar-refractivity contribution is -0.122. The Morgan fingerprint density at radius 1 is 1.03 bits per heavy atom. The minimum Gasteiger partial charge on any atom is -0.379 e. The minimum atomic E-state index is -1.00. The predicted molar refractivity (Wildman–Crippen MR) is 130 cm³/mol. The van der Waals surface area contributed by atoms with Gasteiger partial charge in [-0.1, -0.05) is 17.3 Å². The topological polar surface area (TPSA) is 136 Å². The first kappa shape index (κ1) is 31.6. The highest BCUT2D eigenvalue weighted by Crippen LogP contribution is 2.17. The van der Waals surface area contributed by atoms with E-state index in [2.05, 4.69) is 20.7 Å². The van der Waals surface area contributed by atoms with Gasteiger partial charge in [0, 0.05) is 43.3 Å². The zero-order chi connectivity index (χ0) is 24.5. The molecule has 0 heterocycles. The molecule has 1 atom stereocenters. The molecule has 12 heteroatoms. The Bertz CT molecular complexity index is 551. The van der Waals surface area contributed by atoms with Gasteiger partial charge < -0.3 is 34.3 Å². The maximum absolute atomic E-state index is 11.5. The van der Waals surface area contributed by atoms with Crippen LogP contribution in [0.25, 0.3) is 10.4 Å². The lowest BCUT2D eigenvalue weighted by Crippen LogP contribution is -2.29. The first-order chi connectivity index (χ1) is 16.1. The highest BCUT2D eigenvalue weighted by atomic mass is 32.2. The van der Waals surface area contributed by atoms with Crippen molar-refractivity contribution in [2.45, 2.75) is 32.4 Å². The third-order valence-corrected chi connectivity index (χ3v) is 4.64. The van der Waals surface area contributed by atoms with Crippen LogP contribution in [0.2, 0.25) is 0 Å². The Kier molecular flexibility index (Phi) is 22.8. The van der Waals surface area contributed by atoms with Crippen LogP contribution < -0.4 is 10.6 Å². The fourth-order valence-corrected chi connectivity index (χ4v) is 2.68. The van der Waals surface area contributed by atoms with E-state index in [9.17, 15) is 4.79 Å². The molecule has 0 radical (unpaired) electrons. The summed E-state index contributed by atoms with van der Waals surface area (Å²) in [6.07, 6.45) is 6.53. The van der Waals surface area contributed by atoms with E-state index in [0.717, 1.165) is 12.4 Å². The van der Waals surface area contributed by atoms with E-state index >= 15 is 0 Å². The van der Waals surface area contributed by atoms with Crippen LogP contribution in [-0.4, -0.2) is 96.3 Å². The van der Waals surface area contributed by atoms with E-state index in [1.165, 1.54) is 0 Å². The molecule has 0 rings (SSSR count). The molecule has 33 heavy (non-hydrogen) atoms. The van der Waals surface area contributed by atoms with E-state index in [-0.39, 0.29) is 12.5 Å². The molecule has 0 aliphatic heterocycles. The fourth-order valence-electron chi connectivity index (χ4n) is 2.33. The largest absolute Gasteiger partial charge is 0.379 e. The van der Waals surface area contributed by atoms with Crippen LogP contribution in [0.4, 0.5) is 0 Å². The van der Waals surface area contributed by atoms with Crippen molar-refractivity contribution in [3.8, 4) is 0 Å². The third-order valence-electron chi connectivity index (χ3n) is 4.15. The fraction of sp³-hybridized carbons (Fsp3) is 0.857. The number of azide groups is 1. The summed E-state index contributed by atoms with van der Waals surface area (Å²) in [6, 6.07) is 0. The van der Waals surface area contributed by atoms with Crippen molar-refractivity contribution in [3.05, 3.63) is 22.6 Å². The number of nitrogens with zero attached hydrogens (tertiary/aromatic N) is 3. The van der Waals surface area contributed by atoms with Gasteiger partial charge in [-0.25, -0.2) is 0 Å². The number of allylic oxidation sites excluding steroid dienone is 1. The second-order valence-corrected chi connectivity index (χ2v) is 7.83. The number of rotatable bonds is 24. The van der Waals surface area contributed by atoms with Crippen molar-refractivity contribution in [1.82, 2.24) is 10.6 Å². The standard InChI is InChI=1S/C21H41N5O6S/c1-4-5-8-24-20(27)6-10-28-13-16-31-17-18-32-21(2,25-26-22)7-11-29-14-15-30-12-9-23-19-33-3/h4-5,23H,6-19H2,1-3H3,(H,24,27)/b5-4+. The molecule has 0 fully saturated rings. The molecular formula is C21H41N5O6S. The number of hydrogen-bond acceptors (Lipinski definition) is 9. The first-order valence-corrected chi connectivity index (χ1v) is 12.6. The van der Waals surface area contributed by atoms with Crippen LogP contribution in [0.1, 0.15) is 26.7 Å². The summed E-state index contributed by atoms with van der Waals surface area (Å²) >= 11 is 1.73. The number of hydrogen-bond donors (Lipinski definition) is 2. The molecule has 1 unspecified atom stereocenters. The summed E-state index contributed by atoms with van der Waals surface area (Å²) in [5.41, 5.74) is 7.81. The Morgan fingerprint density at radius 3 is 2.33 bits per heavy atom. The van der Waals surface area contributed by atoms with E-state index in [0.29, 0.717) is 72.2 Å². The van der Waals surface area contributed by atoms with Gasteiger partial charge >= 0.3 is 0 Å². The Labute approximate surface area is 201 Å². The third kappa shape index (κ3) is 22.2. The smallest absolute Gasteiger partial charge is 0.222 e. The van der Waals surface area contributed by atoms with Crippen LogP contribution >= 0.6 is 11.8 Å². The lowest BCUT2D eigenvalue weighted by atomic mass is 10.2. The van der Waals surface area contributed by atoms with E-state index in [1.54, 1.807) is 18.7 Å². The van der Waals surface area contributed by atoms with Crippen molar-refractivity contribution in [2.75, 3.05) is 84.7 Å². The molecule has 0 spiro atoms. The van der Waals surface area contributed by atoms with Gasteiger partial charge in [-0.2, -0.15) is 0 Å². The summed E-state index contributed by atoms with van der Waals surface area (Å²) in [5, 5.41) is 9.73. The second-order valence-electron chi connectivity index (χ2n) is 6.97. The molecule has 11 nitrogen and oxygen atoms in total. The van der Waals surface area contributed by atoms with E-state index in [1.807, 2.05) is 25.3 Å². The average Bonchev–Trinajstić information content (AvgIpc) is 2.79. The highest BCUT2D eigenvalue weighted by molar-refractivity contribution is 7.98. The molecular weight excluding hydrogens is 450 g/mol. The van der Waals surface area contributed by atoms with Crippen LogP contribution in [0.5, 0.6) is 0 Å². The number of ether oxygens (including phenoxy) is 5. The van der Waals surface area contributed by atoms with Gasteiger partial charge in [-0.15, -0.1) is 11.8 Å². The van der Waals surface area contributed by atoms with Crippen molar-refractivity contribution in [2.24, 2.45) is 5.11 Å². The molecule has 0 saturated heterocycles. The first-order valence-electron chi connectivity index (χ1n) is 11.2. The molecule has 0 aliphatic carbocycles. The van der Waals surface area contributed by atoms with E-state index < -0.39 is 5.72 Å². The maximum atomic E-state index is 11.5.